The molecule has 3 N–H and O–H groups in total. The summed E-state index contributed by atoms with van der Waals surface area (Å²) in [5.74, 6) is 3.76. The summed E-state index contributed by atoms with van der Waals surface area (Å²) >= 11 is 2.84. The van der Waals surface area contributed by atoms with Gasteiger partial charge in [-0.3, -0.25) is 19.7 Å². The first kappa shape index (κ1) is 29.8. The minimum atomic E-state index is -0.341. The number of thioether (sulfide) groups is 2. The molecule has 2 aromatic rings. The number of rotatable bonds is 10. The minimum Gasteiger partial charge on any atom is -0.492 e. The second kappa shape index (κ2) is 15.0. The van der Waals surface area contributed by atoms with Gasteiger partial charge in [0, 0.05) is 25.5 Å². The SMILES string of the molecule is CC[C@H](C)[C@H](N)C(=O)N1CCSC1.CN(CCOc1ccc(CC2SC(=O)NC2=O)cc1)c1ccccn1. The lowest BCUT2D eigenvalue weighted by Gasteiger charge is -2.23. The number of likely N-dealkylation sites (N-methyl/N-ethyl adjacent to an activating group) is 1. The van der Waals surface area contributed by atoms with Crippen LogP contribution >= 0.6 is 23.5 Å². The van der Waals surface area contributed by atoms with Gasteiger partial charge < -0.3 is 20.3 Å². The largest absolute Gasteiger partial charge is 0.492 e. The number of amides is 3. The zero-order chi connectivity index (χ0) is 27.5. The highest BCUT2D eigenvalue weighted by atomic mass is 32.2. The van der Waals surface area contributed by atoms with Crippen LogP contribution in [0, 0.1) is 5.92 Å². The number of pyridine rings is 1. The lowest BCUT2D eigenvalue weighted by atomic mass is 9.99. The molecule has 11 heteroatoms. The first-order valence-electron chi connectivity index (χ1n) is 12.8. The van der Waals surface area contributed by atoms with Gasteiger partial charge in [-0.1, -0.05) is 50.2 Å². The molecule has 1 aromatic heterocycles. The molecule has 0 spiro atoms. The van der Waals surface area contributed by atoms with Crippen LogP contribution in [0.1, 0.15) is 25.8 Å². The Morgan fingerprint density at radius 1 is 1.26 bits per heavy atom. The zero-order valence-corrected chi connectivity index (χ0v) is 23.8. The van der Waals surface area contributed by atoms with Crippen LogP contribution in [0.3, 0.4) is 0 Å². The van der Waals surface area contributed by atoms with Crippen LogP contribution in [0.4, 0.5) is 10.6 Å². The summed E-state index contributed by atoms with van der Waals surface area (Å²) in [6, 6.07) is 13.1. The third-order valence-corrected chi connectivity index (χ3v) is 8.40. The molecule has 4 rings (SSSR count). The van der Waals surface area contributed by atoms with Crippen molar-refractivity contribution in [2.75, 3.05) is 43.3 Å². The molecule has 0 saturated carbocycles. The molecule has 2 aliphatic heterocycles. The fraction of sp³-hybridized carbons (Fsp3) is 0.481. The van der Waals surface area contributed by atoms with Crippen molar-refractivity contribution in [1.82, 2.24) is 15.2 Å². The summed E-state index contributed by atoms with van der Waals surface area (Å²) in [6.07, 6.45) is 3.26. The second-order valence-electron chi connectivity index (χ2n) is 9.24. The number of benzene rings is 1. The predicted molar refractivity (Wildman–Crippen MR) is 155 cm³/mol. The van der Waals surface area contributed by atoms with E-state index in [1.54, 1.807) is 18.0 Å². The number of hydrogen-bond acceptors (Lipinski definition) is 9. The Hall–Kier alpha value is -2.76. The van der Waals surface area contributed by atoms with Crippen molar-refractivity contribution in [2.45, 2.75) is 38.0 Å². The number of nitrogens with one attached hydrogen (secondary N) is 1. The highest BCUT2D eigenvalue weighted by Crippen LogP contribution is 2.24. The van der Waals surface area contributed by atoms with Gasteiger partial charge in [-0.05, 0) is 42.2 Å². The highest BCUT2D eigenvalue weighted by molar-refractivity contribution is 8.15. The molecule has 3 atom stereocenters. The summed E-state index contributed by atoms with van der Waals surface area (Å²) in [4.78, 5) is 42.7. The monoisotopic (exact) mass is 559 g/mol. The Morgan fingerprint density at radius 3 is 2.61 bits per heavy atom. The van der Waals surface area contributed by atoms with E-state index < -0.39 is 0 Å². The van der Waals surface area contributed by atoms with E-state index in [0.717, 1.165) is 60.0 Å². The van der Waals surface area contributed by atoms with Crippen LogP contribution in [0.2, 0.25) is 0 Å². The molecular formula is C27H37N5O4S2. The highest BCUT2D eigenvalue weighted by Gasteiger charge is 2.31. The number of anilines is 1. The van der Waals surface area contributed by atoms with Crippen molar-refractivity contribution in [3.8, 4) is 5.75 Å². The Balaban J connectivity index is 0.000000260. The Bertz CT molecular complexity index is 1050. The number of ether oxygens (including phenoxy) is 1. The van der Waals surface area contributed by atoms with E-state index in [4.69, 9.17) is 10.5 Å². The second-order valence-corrected chi connectivity index (χ2v) is 11.5. The third kappa shape index (κ3) is 8.92. The lowest BCUT2D eigenvalue weighted by molar-refractivity contribution is -0.132. The van der Waals surface area contributed by atoms with Crippen molar-refractivity contribution in [2.24, 2.45) is 11.7 Å². The summed E-state index contributed by atoms with van der Waals surface area (Å²) in [7, 11) is 1.97. The quantitative estimate of drug-likeness (QED) is 0.452. The van der Waals surface area contributed by atoms with Crippen LogP contribution in [0.5, 0.6) is 5.75 Å². The minimum absolute atomic E-state index is 0.124. The summed E-state index contributed by atoms with van der Waals surface area (Å²) in [6.45, 7) is 6.23. The lowest BCUT2D eigenvalue weighted by Crippen LogP contribution is -2.45. The molecule has 0 radical (unpaired) electrons. The van der Waals surface area contributed by atoms with Crippen LogP contribution in [0.25, 0.3) is 0 Å². The van der Waals surface area contributed by atoms with E-state index in [1.807, 2.05) is 66.2 Å². The molecule has 1 unspecified atom stereocenters. The van der Waals surface area contributed by atoms with Gasteiger partial charge in [0.1, 0.15) is 18.2 Å². The smallest absolute Gasteiger partial charge is 0.286 e. The molecule has 3 amide bonds. The number of nitrogens with zero attached hydrogens (tertiary/aromatic N) is 3. The van der Waals surface area contributed by atoms with E-state index >= 15 is 0 Å². The van der Waals surface area contributed by atoms with Gasteiger partial charge in [-0.25, -0.2) is 4.98 Å². The van der Waals surface area contributed by atoms with Crippen LogP contribution in [0.15, 0.2) is 48.7 Å². The number of carbonyl (C=O) groups is 3. The molecule has 0 aliphatic carbocycles. The molecule has 206 valence electrons. The van der Waals surface area contributed by atoms with E-state index in [9.17, 15) is 14.4 Å². The molecule has 9 nitrogen and oxygen atoms in total. The molecule has 38 heavy (non-hydrogen) atoms. The maximum Gasteiger partial charge on any atom is 0.286 e. The number of imide groups is 1. The van der Waals surface area contributed by atoms with Gasteiger partial charge in [0.15, 0.2) is 0 Å². The first-order chi connectivity index (χ1) is 18.3. The van der Waals surface area contributed by atoms with E-state index in [-0.39, 0.29) is 34.3 Å². The summed E-state index contributed by atoms with van der Waals surface area (Å²) in [5.41, 5.74) is 6.85. The Morgan fingerprint density at radius 2 is 2.03 bits per heavy atom. The number of hydrogen-bond donors (Lipinski definition) is 2. The molecule has 2 fully saturated rings. The average molecular weight is 560 g/mol. The van der Waals surface area contributed by atoms with Crippen LogP contribution < -0.4 is 20.7 Å². The normalized spacial score (nSPS) is 18.3. The molecule has 0 bridgehead atoms. The van der Waals surface area contributed by atoms with Crippen molar-refractivity contribution in [3.05, 3.63) is 54.2 Å². The van der Waals surface area contributed by atoms with Gasteiger partial charge >= 0.3 is 0 Å². The van der Waals surface area contributed by atoms with Crippen molar-refractivity contribution < 1.29 is 19.1 Å². The van der Waals surface area contributed by atoms with Gasteiger partial charge in [0.25, 0.3) is 5.24 Å². The van der Waals surface area contributed by atoms with Crippen molar-refractivity contribution in [3.63, 3.8) is 0 Å². The average Bonchev–Trinajstić information content (AvgIpc) is 3.58. The molecular weight excluding hydrogens is 522 g/mol. The van der Waals surface area contributed by atoms with Gasteiger partial charge in [-0.15, -0.1) is 11.8 Å². The first-order valence-corrected chi connectivity index (χ1v) is 14.8. The summed E-state index contributed by atoms with van der Waals surface area (Å²) in [5, 5.41) is 1.69. The van der Waals surface area contributed by atoms with E-state index in [2.05, 4.69) is 17.2 Å². The summed E-state index contributed by atoms with van der Waals surface area (Å²) < 4.78 is 5.75. The van der Waals surface area contributed by atoms with E-state index in [1.165, 1.54) is 0 Å². The van der Waals surface area contributed by atoms with Crippen molar-refractivity contribution in [1.29, 1.82) is 0 Å². The number of aromatic nitrogens is 1. The number of nitrogens with two attached hydrogens (primary N) is 1. The molecule has 2 saturated heterocycles. The van der Waals surface area contributed by atoms with Gasteiger partial charge in [-0.2, -0.15) is 0 Å². The van der Waals surface area contributed by atoms with Crippen LogP contribution in [-0.2, 0) is 16.0 Å². The molecule has 2 aliphatic rings. The van der Waals surface area contributed by atoms with E-state index in [0.29, 0.717) is 13.0 Å². The van der Waals surface area contributed by atoms with Gasteiger partial charge in [0.2, 0.25) is 11.8 Å². The standard InChI is InChI=1S/C18H19N3O3S.C9H18N2OS/c1-21(16-4-2-3-9-19-16)10-11-24-14-7-5-13(6-8-14)12-15-17(22)20-18(23)25-15;1-3-7(2)8(10)9(12)11-4-5-13-6-11/h2-9,15H,10-12H2,1H3,(H,20,22,23);7-8H,3-6,10H2,1-2H3/t;7-,8-/m.0/s1. The third-order valence-electron chi connectivity index (χ3n) is 6.45. The fourth-order valence-electron chi connectivity index (χ4n) is 3.75. The topological polar surface area (TPSA) is 118 Å². The Labute approximate surface area is 233 Å². The molecule has 3 heterocycles. The van der Waals surface area contributed by atoms with Crippen LogP contribution in [-0.4, -0.2) is 76.6 Å². The zero-order valence-electron chi connectivity index (χ0n) is 22.2. The Kier molecular flexibility index (Phi) is 11.8. The van der Waals surface area contributed by atoms with Gasteiger partial charge in [0.05, 0.1) is 23.7 Å². The molecule has 1 aromatic carbocycles. The maximum absolute atomic E-state index is 11.7. The van der Waals surface area contributed by atoms with Crippen molar-refractivity contribution >= 4 is 46.4 Å². The fourth-order valence-corrected chi connectivity index (χ4v) is 5.57. The predicted octanol–water partition coefficient (Wildman–Crippen LogP) is 3.38. The number of carbonyl (C=O) groups excluding carboxylic acids is 3. The maximum atomic E-state index is 11.7.